The summed E-state index contributed by atoms with van der Waals surface area (Å²) in [7, 11) is 3.18. The van der Waals surface area contributed by atoms with Crippen LogP contribution >= 0.6 is 0 Å². The van der Waals surface area contributed by atoms with Gasteiger partial charge in [0.25, 0.3) is 5.56 Å². The normalized spacial score (nSPS) is 11.1. The lowest BCUT2D eigenvalue weighted by Gasteiger charge is -2.04. The van der Waals surface area contributed by atoms with Crippen LogP contribution in [0.2, 0.25) is 0 Å². The molecule has 0 spiro atoms. The number of benzene rings is 2. The molecule has 10 nitrogen and oxygen atoms in total. The number of fused-ring (bicyclic) bond motifs is 1. The minimum absolute atomic E-state index is 0.0758. The third-order valence-corrected chi connectivity index (χ3v) is 5.50. The number of methoxy groups -OCH3 is 2. The predicted molar refractivity (Wildman–Crippen MR) is 123 cm³/mol. The number of hydrogen-bond acceptors (Lipinski definition) is 8. The quantitative estimate of drug-likeness (QED) is 0.395. The van der Waals surface area contributed by atoms with Gasteiger partial charge in [0.15, 0.2) is 0 Å². The molecule has 0 unspecified atom stereocenters. The zero-order chi connectivity index (χ0) is 23.7. The zero-order valence-corrected chi connectivity index (χ0v) is 18.5. The molecular weight excluding hydrogens is 438 g/mol. The van der Waals surface area contributed by atoms with E-state index in [4.69, 9.17) is 14.0 Å². The number of nitrogens with zero attached hydrogens (tertiary/aromatic N) is 5. The third kappa shape index (κ3) is 3.80. The van der Waals surface area contributed by atoms with Crippen LogP contribution in [0.15, 0.2) is 70.2 Å². The van der Waals surface area contributed by atoms with Crippen LogP contribution in [0.1, 0.15) is 11.5 Å². The van der Waals surface area contributed by atoms with Crippen molar-refractivity contribution in [2.45, 2.75) is 13.2 Å². The number of aliphatic hydroxyl groups is 1. The second kappa shape index (κ2) is 8.83. The summed E-state index contributed by atoms with van der Waals surface area (Å²) in [4.78, 5) is 17.7. The van der Waals surface area contributed by atoms with E-state index in [1.165, 1.54) is 9.08 Å². The van der Waals surface area contributed by atoms with Crippen LogP contribution in [0.3, 0.4) is 0 Å². The van der Waals surface area contributed by atoms with Gasteiger partial charge in [0.1, 0.15) is 23.6 Å². The highest BCUT2D eigenvalue weighted by atomic mass is 16.5. The molecule has 0 amide bonds. The van der Waals surface area contributed by atoms with E-state index in [2.05, 4.69) is 15.2 Å². The first-order chi connectivity index (χ1) is 16.6. The molecule has 0 fully saturated rings. The molecule has 0 bridgehead atoms. The van der Waals surface area contributed by atoms with E-state index in [1.54, 1.807) is 50.9 Å². The molecule has 5 rings (SSSR count). The van der Waals surface area contributed by atoms with E-state index in [0.29, 0.717) is 22.8 Å². The lowest BCUT2D eigenvalue weighted by atomic mass is 10.1. The topological polar surface area (TPSA) is 117 Å². The van der Waals surface area contributed by atoms with E-state index in [0.717, 1.165) is 16.9 Å². The van der Waals surface area contributed by atoms with Crippen LogP contribution in [-0.4, -0.2) is 43.6 Å². The molecule has 172 valence electrons. The van der Waals surface area contributed by atoms with E-state index in [1.807, 2.05) is 24.3 Å². The van der Waals surface area contributed by atoms with Crippen LogP contribution in [0, 0.1) is 0 Å². The monoisotopic (exact) mass is 459 g/mol. The van der Waals surface area contributed by atoms with Crippen molar-refractivity contribution in [2.24, 2.45) is 0 Å². The van der Waals surface area contributed by atoms with Gasteiger partial charge < -0.3 is 23.7 Å². The Morgan fingerprint density at radius 2 is 1.59 bits per heavy atom. The fourth-order valence-corrected chi connectivity index (χ4v) is 3.73. The summed E-state index contributed by atoms with van der Waals surface area (Å²) in [6.45, 7) is -0.265. The number of rotatable bonds is 7. The van der Waals surface area contributed by atoms with E-state index < -0.39 is 0 Å². The van der Waals surface area contributed by atoms with Crippen LogP contribution in [0.5, 0.6) is 11.5 Å². The summed E-state index contributed by atoms with van der Waals surface area (Å²) in [5.41, 5.74) is 2.45. The zero-order valence-electron chi connectivity index (χ0n) is 18.5. The lowest BCUT2D eigenvalue weighted by Crippen LogP contribution is -2.22. The van der Waals surface area contributed by atoms with Gasteiger partial charge in [-0.1, -0.05) is 5.16 Å². The number of aromatic nitrogens is 5. The molecule has 3 heterocycles. The second-order valence-corrected chi connectivity index (χ2v) is 7.48. The Hall–Kier alpha value is -4.44. The number of aliphatic hydroxyl groups excluding tert-OH is 1. The Labute approximate surface area is 193 Å². The van der Waals surface area contributed by atoms with E-state index in [9.17, 15) is 9.90 Å². The molecule has 0 saturated carbocycles. The van der Waals surface area contributed by atoms with Crippen LogP contribution in [-0.2, 0) is 13.2 Å². The fraction of sp³-hybridized carbons (Fsp3) is 0.167. The van der Waals surface area contributed by atoms with Gasteiger partial charge in [-0.25, -0.2) is 4.52 Å². The molecule has 0 saturated heterocycles. The molecule has 2 aromatic carbocycles. The Morgan fingerprint density at radius 3 is 2.21 bits per heavy atom. The molecule has 3 aromatic heterocycles. The minimum atomic E-state index is -0.341. The van der Waals surface area contributed by atoms with Crippen molar-refractivity contribution in [3.8, 4) is 34.1 Å². The Morgan fingerprint density at radius 1 is 0.941 bits per heavy atom. The molecule has 1 N–H and O–H groups in total. The number of ether oxygens (including phenoxy) is 2. The molecule has 0 radical (unpaired) electrons. The van der Waals surface area contributed by atoms with Crippen LogP contribution in [0.25, 0.3) is 28.2 Å². The van der Waals surface area contributed by atoms with Gasteiger partial charge in [-0.3, -0.25) is 4.79 Å². The second-order valence-electron chi connectivity index (χ2n) is 7.48. The largest absolute Gasteiger partial charge is 0.497 e. The third-order valence-electron chi connectivity index (χ3n) is 5.50. The highest BCUT2D eigenvalue weighted by molar-refractivity contribution is 5.72. The average Bonchev–Trinajstić information content (AvgIpc) is 3.51. The maximum Gasteiger partial charge on any atom is 0.277 e. The van der Waals surface area contributed by atoms with Crippen molar-refractivity contribution < 1.29 is 19.1 Å². The summed E-state index contributed by atoms with van der Waals surface area (Å²) in [5.74, 6) is 2.11. The van der Waals surface area contributed by atoms with Crippen molar-refractivity contribution in [3.05, 3.63) is 82.7 Å². The van der Waals surface area contributed by atoms with Crippen LogP contribution < -0.4 is 15.0 Å². The van der Waals surface area contributed by atoms with Gasteiger partial charge >= 0.3 is 0 Å². The summed E-state index contributed by atoms with van der Waals surface area (Å²) < 4.78 is 18.6. The van der Waals surface area contributed by atoms with E-state index >= 15 is 0 Å². The van der Waals surface area contributed by atoms with E-state index in [-0.39, 0.29) is 30.1 Å². The minimum Gasteiger partial charge on any atom is -0.497 e. The molecule has 0 atom stereocenters. The van der Waals surface area contributed by atoms with Crippen molar-refractivity contribution in [1.82, 2.24) is 24.3 Å². The van der Waals surface area contributed by atoms with Gasteiger partial charge in [0.05, 0.1) is 26.5 Å². The van der Waals surface area contributed by atoms with Gasteiger partial charge in [0, 0.05) is 29.1 Å². The lowest BCUT2D eigenvalue weighted by molar-refractivity contribution is 0.283. The van der Waals surface area contributed by atoms with Gasteiger partial charge in [-0.2, -0.15) is 10.1 Å². The SMILES string of the molecule is COc1ccc(-c2noc(Cn3ccn4nc(-c5ccc(OC)cc5)c(CO)c4c3=O)n2)cc1. The van der Waals surface area contributed by atoms with Gasteiger partial charge in [-0.15, -0.1) is 0 Å². The molecule has 5 aromatic rings. The highest BCUT2D eigenvalue weighted by Crippen LogP contribution is 2.27. The molecule has 10 heteroatoms. The Kier molecular flexibility index (Phi) is 5.56. The maximum atomic E-state index is 13.3. The van der Waals surface area contributed by atoms with Crippen molar-refractivity contribution in [3.63, 3.8) is 0 Å². The molecule has 34 heavy (non-hydrogen) atoms. The summed E-state index contributed by atoms with van der Waals surface area (Å²) >= 11 is 0. The van der Waals surface area contributed by atoms with Crippen LogP contribution in [0.4, 0.5) is 0 Å². The first-order valence-corrected chi connectivity index (χ1v) is 10.4. The average molecular weight is 459 g/mol. The Balaban J connectivity index is 1.48. The summed E-state index contributed by atoms with van der Waals surface area (Å²) in [6, 6.07) is 14.5. The fourth-order valence-electron chi connectivity index (χ4n) is 3.73. The number of hydrogen-bond donors (Lipinski definition) is 1. The van der Waals surface area contributed by atoms with Gasteiger partial charge in [0.2, 0.25) is 11.7 Å². The van der Waals surface area contributed by atoms with Crippen molar-refractivity contribution >= 4 is 5.52 Å². The maximum absolute atomic E-state index is 13.3. The molecule has 0 aliphatic rings. The molecular formula is C24H21N5O5. The highest BCUT2D eigenvalue weighted by Gasteiger charge is 2.19. The standard InChI is InChI=1S/C24H21N5O5/c1-32-17-7-3-15(4-8-17)21-19(14-30)22-24(31)28(11-12-29(22)26-21)13-20-25-23(27-34-20)16-5-9-18(33-2)10-6-16/h3-12,30H,13-14H2,1-2H3. The summed E-state index contributed by atoms with van der Waals surface area (Å²) in [5, 5.41) is 18.6. The van der Waals surface area contributed by atoms with Gasteiger partial charge in [-0.05, 0) is 48.5 Å². The molecule has 0 aliphatic carbocycles. The predicted octanol–water partition coefficient (Wildman–Crippen LogP) is 2.77. The Bertz CT molecular complexity index is 1500. The summed E-state index contributed by atoms with van der Waals surface area (Å²) in [6.07, 6.45) is 3.25. The first-order valence-electron chi connectivity index (χ1n) is 10.4. The molecule has 0 aliphatic heterocycles. The smallest absolute Gasteiger partial charge is 0.277 e. The van der Waals surface area contributed by atoms with Crippen molar-refractivity contribution in [2.75, 3.05) is 14.2 Å². The first kappa shape index (κ1) is 21.4. The van der Waals surface area contributed by atoms with Crippen molar-refractivity contribution in [1.29, 1.82) is 0 Å².